The quantitative estimate of drug-likeness (QED) is 0.334. The summed E-state index contributed by atoms with van der Waals surface area (Å²) in [4.78, 5) is 13.6. The molecule has 1 fully saturated rings. The number of nitrogens with one attached hydrogen (secondary N) is 1. The first-order chi connectivity index (χ1) is 9.61. The summed E-state index contributed by atoms with van der Waals surface area (Å²) in [5.41, 5.74) is 5.70. The Kier molecular flexibility index (Phi) is 4.39. The molecule has 1 aliphatic rings. The Morgan fingerprint density at radius 3 is 2.65 bits per heavy atom. The second kappa shape index (κ2) is 6.23. The molecule has 1 saturated heterocycles. The first kappa shape index (κ1) is 14.1. The minimum Gasteiger partial charge on any atom is -0.409 e. The van der Waals surface area contributed by atoms with E-state index in [1.807, 2.05) is 0 Å². The number of amidine groups is 1. The van der Waals surface area contributed by atoms with Crippen molar-refractivity contribution < 1.29 is 14.4 Å². The summed E-state index contributed by atoms with van der Waals surface area (Å²) in [6.07, 6.45) is 3.06. The van der Waals surface area contributed by atoms with Crippen LogP contribution in [0, 0.1) is 5.82 Å². The molecule has 0 spiro atoms. The lowest BCUT2D eigenvalue weighted by molar-refractivity contribution is 0.200. The van der Waals surface area contributed by atoms with E-state index < -0.39 is 5.82 Å². The van der Waals surface area contributed by atoms with Gasteiger partial charge in [-0.25, -0.2) is 9.18 Å². The SMILES string of the molecule is N/C(=N/O)c1ccc(NC(=O)N2CCCCC2)c(F)c1. The monoisotopic (exact) mass is 280 g/mol. The van der Waals surface area contributed by atoms with Crippen molar-refractivity contribution in [3.63, 3.8) is 0 Å². The molecule has 7 heteroatoms. The van der Waals surface area contributed by atoms with Gasteiger partial charge in [-0.2, -0.15) is 0 Å². The molecule has 0 bridgehead atoms. The molecule has 20 heavy (non-hydrogen) atoms. The molecule has 0 saturated carbocycles. The van der Waals surface area contributed by atoms with E-state index in [1.54, 1.807) is 4.90 Å². The first-order valence-electron chi connectivity index (χ1n) is 6.45. The van der Waals surface area contributed by atoms with Crippen LogP contribution in [0.4, 0.5) is 14.9 Å². The molecule has 0 atom stereocenters. The number of nitrogens with two attached hydrogens (primary N) is 1. The zero-order valence-corrected chi connectivity index (χ0v) is 11.0. The minimum absolute atomic E-state index is 0.0788. The number of oxime groups is 1. The summed E-state index contributed by atoms with van der Waals surface area (Å²) in [7, 11) is 0. The van der Waals surface area contributed by atoms with Crippen LogP contribution in [0.1, 0.15) is 24.8 Å². The second-order valence-electron chi connectivity index (χ2n) is 4.66. The molecule has 1 aromatic rings. The van der Waals surface area contributed by atoms with Gasteiger partial charge in [0.25, 0.3) is 0 Å². The first-order valence-corrected chi connectivity index (χ1v) is 6.45. The van der Waals surface area contributed by atoms with Crippen LogP contribution >= 0.6 is 0 Å². The summed E-state index contributed by atoms with van der Waals surface area (Å²) in [6, 6.07) is 3.68. The topological polar surface area (TPSA) is 91.0 Å². The van der Waals surface area contributed by atoms with Crippen molar-refractivity contribution in [2.45, 2.75) is 19.3 Å². The standard InChI is InChI=1S/C13H17FN4O2/c14-10-8-9(12(15)17-20)4-5-11(10)16-13(19)18-6-2-1-3-7-18/h4-5,8,20H,1-3,6-7H2,(H2,15,17)(H,16,19). The lowest BCUT2D eigenvalue weighted by Crippen LogP contribution is -2.38. The Morgan fingerprint density at radius 2 is 2.05 bits per heavy atom. The number of anilines is 1. The van der Waals surface area contributed by atoms with Gasteiger partial charge in [0.2, 0.25) is 0 Å². The molecule has 6 nitrogen and oxygen atoms in total. The molecule has 1 aliphatic heterocycles. The number of likely N-dealkylation sites (tertiary alicyclic amines) is 1. The maximum atomic E-state index is 13.8. The molecule has 0 unspecified atom stereocenters. The molecule has 2 rings (SSSR count). The summed E-state index contributed by atoms with van der Waals surface area (Å²) in [6.45, 7) is 1.38. The molecule has 108 valence electrons. The fourth-order valence-electron chi connectivity index (χ4n) is 2.12. The minimum atomic E-state index is -0.626. The van der Waals surface area contributed by atoms with Crippen LogP contribution in [0.15, 0.2) is 23.4 Å². The highest BCUT2D eigenvalue weighted by Crippen LogP contribution is 2.17. The van der Waals surface area contributed by atoms with Crippen LogP contribution in [-0.4, -0.2) is 35.1 Å². The van der Waals surface area contributed by atoms with Crippen molar-refractivity contribution in [1.29, 1.82) is 0 Å². The van der Waals surface area contributed by atoms with E-state index in [4.69, 9.17) is 10.9 Å². The van der Waals surface area contributed by atoms with Crippen LogP contribution < -0.4 is 11.1 Å². The number of rotatable bonds is 2. The Morgan fingerprint density at radius 1 is 1.35 bits per heavy atom. The van der Waals surface area contributed by atoms with Gasteiger partial charge in [-0.05, 0) is 37.5 Å². The second-order valence-corrected chi connectivity index (χ2v) is 4.66. The van der Waals surface area contributed by atoms with Gasteiger partial charge in [0, 0.05) is 18.7 Å². The van der Waals surface area contributed by atoms with Crippen LogP contribution in [0.25, 0.3) is 0 Å². The average Bonchev–Trinajstić information content (AvgIpc) is 2.49. The van der Waals surface area contributed by atoms with Crippen molar-refractivity contribution in [2.75, 3.05) is 18.4 Å². The number of urea groups is 1. The van der Waals surface area contributed by atoms with Crippen molar-refractivity contribution in [1.82, 2.24) is 4.90 Å². The van der Waals surface area contributed by atoms with Gasteiger partial charge >= 0.3 is 6.03 Å². The zero-order chi connectivity index (χ0) is 14.5. The van der Waals surface area contributed by atoms with Gasteiger partial charge in [0.05, 0.1) is 5.69 Å². The predicted octanol–water partition coefficient (Wildman–Crippen LogP) is 1.94. The molecule has 0 aliphatic carbocycles. The van der Waals surface area contributed by atoms with Gasteiger partial charge in [-0.15, -0.1) is 0 Å². The molecule has 2 amide bonds. The number of amides is 2. The van der Waals surface area contributed by atoms with Crippen molar-refractivity contribution in [3.05, 3.63) is 29.6 Å². The highest BCUT2D eigenvalue weighted by molar-refractivity contribution is 5.98. The molecule has 0 radical (unpaired) electrons. The van der Waals surface area contributed by atoms with Crippen LogP contribution in [-0.2, 0) is 0 Å². The van der Waals surface area contributed by atoms with E-state index in [1.165, 1.54) is 12.1 Å². The number of carbonyl (C=O) groups excluding carboxylic acids is 1. The largest absolute Gasteiger partial charge is 0.409 e. The molecule has 1 heterocycles. The predicted molar refractivity (Wildman–Crippen MR) is 73.4 cm³/mol. The molecule has 4 N–H and O–H groups in total. The van der Waals surface area contributed by atoms with Crippen LogP contribution in [0.5, 0.6) is 0 Å². The Hall–Kier alpha value is -2.31. The summed E-state index contributed by atoms with van der Waals surface area (Å²) in [5.74, 6) is -0.808. The van der Waals surface area contributed by atoms with E-state index in [-0.39, 0.29) is 23.1 Å². The molecule has 0 aromatic heterocycles. The van der Waals surface area contributed by atoms with Gasteiger partial charge in [0.1, 0.15) is 5.82 Å². The van der Waals surface area contributed by atoms with E-state index in [0.717, 1.165) is 25.3 Å². The Labute approximate surface area is 116 Å². The summed E-state index contributed by atoms with van der Waals surface area (Å²) in [5, 5.41) is 13.9. The number of hydrogen-bond acceptors (Lipinski definition) is 3. The van der Waals surface area contributed by atoms with Crippen LogP contribution in [0.3, 0.4) is 0 Å². The van der Waals surface area contributed by atoms with Crippen molar-refractivity contribution in [3.8, 4) is 0 Å². The number of halogens is 1. The third-order valence-electron chi connectivity index (χ3n) is 3.26. The lowest BCUT2D eigenvalue weighted by Gasteiger charge is -2.26. The smallest absolute Gasteiger partial charge is 0.321 e. The third-order valence-corrected chi connectivity index (χ3v) is 3.26. The molecular weight excluding hydrogens is 263 g/mol. The van der Waals surface area contributed by atoms with Gasteiger partial charge < -0.3 is 21.2 Å². The maximum Gasteiger partial charge on any atom is 0.321 e. The highest BCUT2D eigenvalue weighted by Gasteiger charge is 2.17. The fourth-order valence-corrected chi connectivity index (χ4v) is 2.12. The molecule has 1 aromatic carbocycles. The van der Waals surface area contributed by atoms with E-state index in [9.17, 15) is 9.18 Å². The molecular formula is C13H17FN4O2. The van der Waals surface area contributed by atoms with E-state index in [2.05, 4.69) is 10.5 Å². The lowest BCUT2D eigenvalue weighted by atomic mass is 10.1. The van der Waals surface area contributed by atoms with Crippen molar-refractivity contribution >= 4 is 17.6 Å². The number of nitrogens with zero attached hydrogens (tertiary/aromatic N) is 2. The van der Waals surface area contributed by atoms with E-state index in [0.29, 0.717) is 13.1 Å². The maximum absolute atomic E-state index is 13.8. The highest BCUT2D eigenvalue weighted by atomic mass is 19.1. The van der Waals surface area contributed by atoms with Gasteiger partial charge in [-0.1, -0.05) is 5.16 Å². The summed E-state index contributed by atoms with van der Waals surface area (Å²) >= 11 is 0. The third kappa shape index (κ3) is 3.17. The van der Waals surface area contributed by atoms with Crippen molar-refractivity contribution in [2.24, 2.45) is 10.9 Å². The number of piperidine rings is 1. The van der Waals surface area contributed by atoms with E-state index >= 15 is 0 Å². The van der Waals surface area contributed by atoms with Gasteiger partial charge in [-0.3, -0.25) is 0 Å². The normalized spacial score (nSPS) is 16.1. The average molecular weight is 280 g/mol. The zero-order valence-electron chi connectivity index (χ0n) is 11.0. The number of benzene rings is 1. The van der Waals surface area contributed by atoms with Crippen LogP contribution in [0.2, 0.25) is 0 Å². The number of hydrogen-bond donors (Lipinski definition) is 3. The van der Waals surface area contributed by atoms with Gasteiger partial charge in [0.15, 0.2) is 5.84 Å². The summed E-state index contributed by atoms with van der Waals surface area (Å²) < 4.78 is 13.8. The Balaban J connectivity index is 2.07. The Bertz CT molecular complexity index is 527. The number of carbonyl (C=O) groups is 1. The fraction of sp³-hybridized carbons (Fsp3) is 0.385.